The highest BCUT2D eigenvalue weighted by Gasteiger charge is 2.28. The van der Waals surface area contributed by atoms with Gasteiger partial charge in [0, 0.05) is 12.1 Å². The summed E-state index contributed by atoms with van der Waals surface area (Å²) in [6.07, 6.45) is 2.58. The average molecular weight is 284 g/mol. The minimum absolute atomic E-state index is 0.0591. The van der Waals surface area contributed by atoms with Gasteiger partial charge in [-0.15, -0.1) is 0 Å². The maximum atomic E-state index is 13.8. The average Bonchev–Trinajstić information content (AvgIpc) is 2.39. The summed E-state index contributed by atoms with van der Waals surface area (Å²) in [4.78, 5) is 10.2. The summed E-state index contributed by atoms with van der Waals surface area (Å²) < 4.78 is 27.1. The minimum Gasteiger partial charge on any atom is -0.374 e. The van der Waals surface area contributed by atoms with E-state index < -0.39 is 22.2 Å². The molecule has 20 heavy (non-hydrogen) atoms. The molecule has 0 heterocycles. The Morgan fingerprint density at radius 3 is 2.55 bits per heavy atom. The molecule has 110 valence electrons. The van der Waals surface area contributed by atoms with Crippen LogP contribution >= 0.6 is 0 Å². The lowest BCUT2D eigenvalue weighted by Crippen LogP contribution is -2.31. The van der Waals surface area contributed by atoms with E-state index in [0.717, 1.165) is 31.4 Å². The molecule has 6 heteroatoms. The Morgan fingerprint density at radius 1 is 1.25 bits per heavy atom. The van der Waals surface area contributed by atoms with E-state index in [1.165, 1.54) is 0 Å². The van der Waals surface area contributed by atoms with E-state index >= 15 is 0 Å². The van der Waals surface area contributed by atoms with Crippen LogP contribution in [0, 0.1) is 33.6 Å². The van der Waals surface area contributed by atoms with Crippen molar-refractivity contribution in [3.05, 3.63) is 33.9 Å². The molecule has 3 unspecified atom stereocenters. The van der Waals surface area contributed by atoms with Gasteiger partial charge in [0.1, 0.15) is 0 Å². The summed E-state index contributed by atoms with van der Waals surface area (Å²) in [6.45, 7) is 4.26. The van der Waals surface area contributed by atoms with E-state index in [4.69, 9.17) is 0 Å². The van der Waals surface area contributed by atoms with Gasteiger partial charge in [0.25, 0.3) is 5.69 Å². The predicted octanol–water partition coefficient (Wildman–Crippen LogP) is 4.11. The molecular formula is C14H18F2N2O2. The van der Waals surface area contributed by atoms with Gasteiger partial charge in [-0.25, -0.2) is 8.78 Å². The standard InChI is InChI=1S/C14H18F2N2O2/c1-8-3-4-10(7-9(8)2)17-14-12(18(19)20)6-5-11(15)13(14)16/h5-6,8-10,17H,3-4,7H2,1-2H3. The van der Waals surface area contributed by atoms with E-state index in [2.05, 4.69) is 19.2 Å². The monoisotopic (exact) mass is 284 g/mol. The fourth-order valence-electron chi connectivity index (χ4n) is 2.71. The molecule has 2 rings (SSSR count). The second kappa shape index (κ2) is 5.73. The number of halogens is 2. The van der Waals surface area contributed by atoms with E-state index in [9.17, 15) is 18.9 Å². The summed E-state index contributed by atoms with van der Waals surface area (Å²) in [5, 5.41) is 13.8. The molecule has 4 nitrogen and oxygen atoms in total. The van der Waals surface area contributed by atoms with Gasteiger partial charge in [0.05, 0.1) is 4.92 Å². The number of nitro benzene ring substituents is 1. The number of rotatable bonds is 3. The molecule has 0 radical (unpaired) electrons. The van der Waals surface area contributed by atoms with Crippen LogP contribution in [0.25, 0.3) is 0 Å². The minimum atomic E-state index is -1.18. The highest BCUT2D eigenvalue weighted by molar-refractivity contribution is 5.63. The van der Waals surface area contributed by atoms with Crippen LogP contribution < -0.4 is 5.32 Å². The molecule has 1 N–H and O–H groups in total. The molecular weight excluding hydrogens is 266 g/mol. The summed E-state index contributed by atoms with van der Waals surface area (Å²) in [6, 6.07) is 1.72. The zero-order valence-corrected chi connectivity index (χ0v) is 11.5. The lowest BCUT2D eigenvalue weighted by Gasteiger charge is -2.33. The molecule has 0 aliphatic heterocycles. The van der Waals surface area contributed by atoms with Crippen molar-refractivity contribution in [1.29, 1.82) is 0 Å². The first-order valence-corrected chi connectivity index (χ1v) is 6.79. The molecule has 0 spiro atoms. The summed E-state index contributed by atoms with van der Waals surface area (Å²) in [5.74, 6) is -1.21. The predicted molar refractivity (Wildman–Crippen MR) is 72.6 cm³/mol. The molecule has 0 amide bonds. The highest BCUT2D eigenvalue weighted by Crippen LogP contribution is 2.35. The molecule has 1 saturated carbocycles. The fourth-order valence-corrected chi connectivity index (χ4v) is 2.71. The maximum Gasteiger partial charge on any atom is 0.295 e. The number of anilines is 1. The van der Waals surface area contributed by atoms with Crippen molar-refractivity contribution in [3.8, 4) is 0 Å². The van der Waals surface area contributed by atoms with Gasteiger partial charge in [0.2, 0.25) is 0 Å². The number of hydrogen-bond donors (Lipinski definition) is 1. The molecule has 1 aromatic rings. The van der Waals surface area contributed by atoms with E-state index in [1.54, 1.807) is 0 Å². The quantitative estimate of drug-likeness (QED) is 0.671. The molecule has 1 aliphatic carbocycles. The van der Waals surface area contributed by atoms with Crippen molar-refractivity contribution in [2.45, 2.75) is 39.2 Å². The number of benzene rings is 1. The zero-order valence-electron chi connectivity index (χ0n) is 11.5. The van der Waals surface area contributed by atoms with Gasteiger partial charge >= 0.3 is 0 Å². The first kappa shape index (κ1) is 14.7. The van der Waals surface area contributed by atoms with Crippen LogP contribution in [0.15, 0.2) is 12.1 Å². The van der Waals surface area contributed by atoms with Gasteiger partial charge < -0.3 is 5.32 Å². The molecule has 0 bridgehead atoms. The summed E-state index contributed by atoms with van der Waals surface area (Å²) >= 11 is 0. The molecule has 3 atom stereocenters. The molecule has 0 aromatic heterocycles. The largest absolute Gasteiger partial charge is 0.374 e. The molecule has 1 fully saturated rings. The first-order chi connectivity index (χ1) is 9.40. The van der Waals surface area contributed by atoms with Crippen molar-refractivity contribution in [2.75, 3.05) is 5.32 Å². The highest BCUT2D eigenvalue weighted by atomic mass is 19.2. The third-order valence-electron chi connectivity index (χ3n) is 4.22. The first-order valence-electron chi connectivity index (χ1n) is 6.79. The van der Waals surface area contributed by atoms with E-state index in [0.29, 0.717) is 11.8 Å². The van der Waals surface area contributed by atoms with Crippen LogP contribution in [0.1, 0.15) is 33.1 Å². The van der Waals surface area contributed by atoms with E-state index in [1.807, 2.05) is 0 Å². The Labute approximate surface area is 116 Å². The van der Waals surface area contributed by atoms with Gasteiger partial charge in [-0.05, 0) is 37.2 Å². The Kier molecular flexibility index (Phi) is 4.20. The van der Waals surface area contributed by atoms with Crippen LogP contribution in [0.4, 0.5) is 20.2 Å². The van der Waals surface area contributed by atoms with Gasteiger partial charge in [-0.1, -0.05) is 13.8 Å². The van der Waals surface area contributed by atoms with Gasteiger partial charge in [0.15, 0.2) is 17.3 Å². The van der Waals surface area contributed by atoms with Crippen LogP contribution in [-0.2, 0) is 0 Å². The van der Waals surface area contributed by atoms with Crippen LogP contribution in [0.5, 0.6) is 0 Å². The zero-order chi connectivity index (χ0) is 14.9. The number of nitrogens with one attached hydrogen (secondary N) is 1. The number of nitrogens with zero attached hydrogens (tertiary/aromatic N) is 1. The van der Waals surface area contributed by atoms with Crippen molar-refractivity contribution in [3.63, 3.8) is 0 Å². The van der Waals surface area contributed by atoms with Crippen molar-refractivity contribution >= 4 is 11.4 Å². The van der Waals surface area contributed by atoms with Gasteiger partial charge in [-0.2, -0.15) is 0 Å². The Bertz CT molecular complexity index is 522. The van der Waals surface area contributed by atoms with Crippen LogP contribution in [0.2, 0.25) is 0 Å². The van der Waals surface area contributed by atoms with Crippen LogP contribution in [0.3, 0.4) is 0 Å². The Hall–Kier alpha value is -1.72. The number of nitro groups is 1. The molecule has 1 aliphatic rings. The second-order valence-corrected chi connectivity index (χ2v) is 5.62. The normalized spacial score (nSPS) is 26.3. The SMILES string of the molecule is CC1CCC(Nc2c([N+](=O)[O-])ccc(F)c2F)CC1C. The van der Waals surface area contributed by atoms with Crippen molar-refractivity contribution in [1.82, 2.24) is 0 Å². The number of hydrogen-bond acceptors (Lipinski definition) is 3. The maximum absolute atomic E-state index is 13.8. The topological polar surface area (TPSA) is 55.2 Å². The molecule has 1 aromatic carbocycles. The summed E-state index contributed by atoms with van der Waals surface area (Å²) in [5.41, 5.74) is -0.753. The summed E-state index contributed by atoms with van der Waals surface area (Å²) in [7, 11) is 0. The fraction of sp³-hybridized carbons (Fsp3) is 0.571. The lowest BCUT2D eigenvalue weighted by molar-refractivity contribution is -0.384. The lowest BCUT2D eigenvalue weighted by atomic mass is 9.79. The van der Waals surface area contributed by atoms with Gasteiger partial charge in [-0.3, -0.25) is 10.1 Å². The second-order valence-electron chi connectivity index (χ2n) is 5.62. The van der Waals surface area contributed by atoms with Crippen LogP contribution in [-0.4, -0.2) is 11.0 Å². The van der Waals surface area contributed by atoms with Crippen molar-refractivity contribution in [2.24, 2.45) is 11.8 Å². The van der Waals surface area contributed by atoms with E-state index in [-0.39, 0.29) is 11.7 Å². The Morgan fingerprint density at radius 2 is 1.95 bits per heavy atom. The third-order valence-corrected chi connectivity index (χ3v) is 4.22. The smallest absolute Gasteiger partial charge is 0.295 e. The third kappa shape index (κ3) is 2.89. The Balaban J connectivity index is 2.24. The van der Waals surface area contributed by atoms with Crippen molar-refractivity contribution < 1.29 is 13.7 Å². The molecule has 0 saturated heterocycles.